The molecular weight excluding hydrogens is 258 g/mol. The first kappa shape index (κ1) is 13.0. The highest BCUT2D eigenvalue weighted by atomic mass is 16.5. The third-order valence-corrected chi connectivity index (χ3v) is 5.18. The Kier molecular flexibility index (Phi) is 2.72. The summed E-state index contributed by atoms with van der Waals surface area (Å²) < 4.78 is 6.05. The van der Waals surface area contributed by atoms with Crippen molar-refractivity contribution < 1.29 is 4.74 Å². The molecule has 2 heterocycles. The van der Waals surface area contributed by atoms with E-state index in [1.807, 2.05) is 0 Å². The van der Waals surface area contributed by atoms with Crippen molar-refractivity contribution in [2.75, 3.05) is 6.61 Å². The van der Waals surface area contributed by atoms with Gasteiger partial charge in [0.15, 0.2) is 0 Å². The number of ether oxygens (including phenoxy) is 1. The number of hydrogen-bond acceptors (Lipinski definition) is 2. The van der Waals surface area contributed by atoms with Crippen molar-refractivity contribution in [3.8, 4) is 5.75 Å². The molecule has 1 aromatic rings. The van der Waals surface area contributed by atoms with Gasteiger partial charge in [0.1, 0.15) is 5.75 Å². The third kappa shape index (κ3) is 2.00. The molecule has 3 unspecified atom stereocenters. The van der Waals surface area contributed by atoms with Crippen LogP contribution in [0.25, 0.3) is 5.57 Å². The van der Waals surface area contributed by atoms with Gasteiger partial charge >= 0.3 is 0 Å². The Balaban J connectivity index is 1.79. The molecule has 2 heteroatoms. The molecule has 4 rings (SSSR count). The smallest absolute Gasteiger partial charge is 0.126 e. The van der Waals surface area contributed by atoms with Crippen molar-refractivity contribution in [3.05, 3.63) is 47.7 Å². The molecule has 0 bridgehead atoms. The Hall–Kier alpha value is -1.70. The maximum Gasteiger partial charge on any atom is 0.126 e. The first-order chi connectivity index (χ1) is 10.1. The molecule has 1 saturated heterocycles. The second kappa shape index (κ2) is 4.40. The first-order valence-corrected chi connectivity index (χ1v) is 7.97. The summed E-state index contributed by atoms with van der Waals surface area (Å²) in [5, 5.41) is 3.74. The van der Waals surface area contributed by atoms with E-state index in [1.54, 1.807) is 0 Å². The Morgan fingerprint density at radius 2 is 2.00 bits per heavy atom. The number of nitrogens with one attached hydrogen (secondary N) is 1. The molecule has 1 N–H and O–H groups in total. The zero-order valence-electron chi connectivity index (χ0n) is 13.0. The summed E-state index contributed by atoms with van der Waals surface area (Å²) in [5.74, 6) is 2.76. The van der Waals surface area contributed by atoms with E-state index in [9.17, 15) is 0 Å². The summed E-state index contributed by atoms with van der Waals surface area (Å²) in [6.45, 7) is 7.79. The van der Waals surface area contributed by atoms with Crippen molar-refractivity contribution >= 4 is 5.57 Å². The molecule has 2 nitrogen and oxygen atoms in total. The highest BCUT2D eigenvalue weighted by Crippen LogP contribution is 2.49. The summed E-state index contributed by atoms with van der Waals surface area (Å²) in [6, 6.07) is 8.43. The fourth-order valence-electron chi connectivity index (χ4n) is 4.52. The number of hydrogen-bond donors (Lipinski definition) is 1. The maximum absolute atomic E-state index is 6.05. The SMILES string of the molecule is CC1CC(C)(C)NC2=CC=C3c4ccccc4OCC3C21. The molecule has 110 valence electrons. The number of fused-ring (bicyclic) bond motifs is 5. The fourth-order valence-corrected chi connectivity index (χ4v) is 4.52. The van der Waals surface area contributed by atoms with E-state index in [0.29, 0.717) is 17.8 Å². The van der Waals surface area contributed by atoms with Crippen LogP contribution in [-0.2, 0) is 0 Å². The number of para-hydroxylation sites is 1. The lowest BCUT2D eigenvalue weighted by molar-refractivity contribution is 0.142. The molecule has 0 radical (unpaired) electrons. The minimum Gasteiger partial charge on any atom is -0.492 e. The van der Waals surface area contributed by atoms with Gasteiger partial charge in [-0.05, 0) is 43.9 Å². The van der Waals surface area contributed by atoms with Crippen molar-refractivity contribution in [2.24, 2.45) is 17.8 Å². The van der Waals surface area contributed by atoms with Gasteiger partial charge in [0.05, 0.1) is 6.61 Å². The Morgan fingerprint density at radius 3 is 2.86 bits per heavy atom. The third-order valence-electron chi connectivity index (χ3n) is 5.18. The topological polar surface area (TPSA) is 21.3 Å². The average molecular weight is 281 g/mol. The van der Waals surface area contributed by atoms with Crippen LogP contribution in [0.15, 0.2) is 42.1 Å². The minimum absolute atomic E-state index is 0.195. The molecule has 0 saturated carbocycles. The van der Waals surface area contributed by atoms with Crippen molar-refractivity contribution in [2.45, 2.75) is 32.7 Å². The van der Waals surface area contributed by atoms with Crippen LogP contribution < -0.4 is 10.1 Å². The van der Waals surface area contributed by atoms with Gasteiger partial charge in [-0.25, -0.2) is 0 Å². The van der Waals surface area contributed by atoms with Gasteiger partial charge in [-0.2, -0.15) is 0 Å². The number of allylic oxidation sites excluding steroid dienone is 3. The molecule has 0 spiro atoms. The van der Waals surface area contributed by atoms with Gasteiger partial charge in [-0.1, -0.05) is 31.2 Å². The van der Waals surface area contributed by atoms with E-state index in [1.165, 1.54) is 23.3 Å². The van der Waals surface area contributed by atoms with Gasteiger partial charge in [-0.15, -0.1) is 0 Å². The predicted molar refractivity (Wildman–Crippen MR) is 86.0 cm³/mol. The van der Waals surface area contributed by atoms with Crippen LogP contribution in [0.4, 0.5) is 0 Å². The first-order valence-electron chi connectivity index (χ1n) is 7.97. The van der Waals surface area contributed by atoms with Crippen LogP contribution in [-0.4, -0.2) is 12.1 Å². The van der Waals surface area contributed by atoms with Gasteiger partial charge in [0.25, 0.3) is 0 Å². The second-order valence-corrected chi connectivity index (χ2v) is 7.37. The Morgan fingerprint density at radius 1 is 1.19 bits per heavy atom. The quantitative estimate of drug-likeness (QED) is 0.776. The van der Waals surface area contributed by atoms with E-state index in [4.69, 9.17) is 4.74 Å². The summed E-state index contributed by atoms with van der Waals surface area (Å²) in [7, 11) is 0. The summed E-state index contributed by atoms with van der Waals surface area (Å²) in [6.07, 6.45) is 5.81. The second-order valence-electron chi connectivity index (χ2n) is 7.37. The van der Waals surface area contributed by atoms with Crippen LogP contribution >= 0.6 is 0 Å². The largest absolute Gasteiger partial charge is 0.492 e. The van der Waals surface area contributed by atoms with Crippen LogP contribution in [0.5, 0.6) is 5.75 Å². The van der Waals surface area contributed by atoms with Crippen molar-refractivity contribution in [1.82, 2.24) is 5.32 Å². The molecule has 3 atom stereocenters. The normalized spacial score (nSPS) is 32.4. The average Bonchev–Trinajstić information content (AvgIpc) is 2.44. The van der Waals surface area contributed by atoms with Crippen molar-refractivity contribution in [1.29, 1.82) is 0 Å². The van der Waals surface area contributed by atoms with Crippen LogP contribution in [0.1, 0.15) is 32.8 Å². The van der Waals surface area contributed by atoms with Crippen LogP contribution in [0.3, 0.4) is 0 Å². The lowest BCUT2D eigenvalue weighted by Gasteiger charge is -2.48. The minimum atomic E-state index is 0.195. The lowest BCUT2D eigenvalue weighted by Crippen LogP contribution is -2.51. The zero-order valence-corrected chi connectivity index (χ0v) is 13.0. The summed E-state index contributed by atoms with van der Waals surface area (Å²) in [4.78, 5) is 0. The van der Waals surface area contributed by atoms with E-state index < -0.39 is 0 Å². The van der Waals surface area contributed by atoms with Gasteiger partial charge in [-0.3, -0.25) is 0 Å². The Labute approximate surface area is 126 Å². The molecule has 21 heavy (non-hydrogen) atoms. The molecule has 2 aliphatic heterocycles. The molecule has 1 aromatic carbocycles. The van der Waals surface area contributed by atoms with Crippen LogP contribution in [0.2, 0.25) is 0 Å². The predicted octanol–water partition coefficient (Wildman–Crippen LogP) is 4.00. The van der Waals surface area contributed by atoms with Gasteiger partial charge in [0, 0.05) is 28.6 Å². The summed E-state index contributed by atoms with van der Waals surface area (Å²) in [5.41, 5.74) is 4.33. The number of piperidine rings is 1. The van der Waals surface area contributed by atoms with Gasteiger partial charge in [0.2, 0.25) is 0 Å². The van der Waals surface area contributed by atoms with E-state index >= 15 is 0 Å². The van der Waals surface area contributed by atoms with E-state index in [2.05, 4.69) is 62.5 Å². The molecule has 0 aromatic heterocycles. The van der Waals surface area contributed by atoms with Crippen molar-refractivity contribution in [3.63, 3.8) is 0 Å². The molecule has 1 fully saturated rings. The number of benzene rings is 1. The fraction of sp³-hybridized carbons (Fsp3) is 0.474. The molecular formula is C19H23NO. The number of rotatable bonds is 0. The molecule has 3 aliphatic rings. The lowest BCUT2D eigenvalue weighted by atomic mass is 9.66. The summed E-state index contributed by atoms with van der Waals surface area (Å²) >= 11 is 0. The van der Waals surface area contributed by atoms with E-state index in [0.717, 1.165) is 12.4 Å². The van der Waals surface area contributed by atoms with Gasteiger partial charge < -0.3 is 10.1 Å². The highest BCUT2D eigenvalue weighted by molar-refractivity contribution is 5.76. The molecule has 0 amide bonds. The Bertz CT molecular complexity index is 641. The zero-order chi connectivity index (χ0) is 14.6. The maximum atomic E-state index is 6.05. The van der Waals surface area contributed by atoms with Crippen LogP contribution in [0, 0.1) is 17.8 Å². The monoisotopic (exact) mass is 281 g/mol. The van der Waals surface area contributed by atoms with E-state index in [-0.39, 0.29) is 5.54 Å². The highest BCUT2D eigenvalue weighted by Gasteiger charge is 2.43. The molecule has 1 aliphatic carbocycles. The standard InChI is InChI=1S/C19H23NO/c1-12-10-19(2,3)20-16-9-8-13-14-6-4-5-7-17(14)21-11-15(13)18(12)16/h4-9,12,15,18,20H,10-11H2,1-3H3.